The van der Waals surface area contributed by atoms with E-state index >= 15 is 0 Å². The van der Waals surface area contributed by atoms with E-state index in [1.807, 2.05) is 56.3 Å². The topological polar surface area (TPSA) is 86.7 Å². The van der Waals surface area contributed by atoms with Crippen LogP contribution in [0.5, 0.6) is 0 Å². The van der Waals surface area contributed by atoms with Gasteiger partial charge in [-0.1, -0.05) is 49.1 Å². The van der Waals surface area contributed by atoms with Crippen molar-refractivity contribution >= 4 is 45.1 Å². The zero-order valence-electron chi connectivity index (χ0n) is 19.6. The zero-order chi connectivity index (χ0) is 25.0. The highest BCUT2D eigenvalue weighted by Crippen LogP contribution is 2.34. The van der Waals surface area contributed by atoms with Gasteiger partial charge in [-0.05, 0) is 48.4 Å². The molecule has 0 aliphatic heterocycles. The van der Waals surface area contributed by atoms with E-state index < -0.39 is 11.3 Å². The minimum absolute atomic E-state index is 0.255. The van der Waals surface area contributed by atoms with E-state index in [4.69, 9.17) is 17.7 Å². The van der Waals surface area contributed by atoms with Crippen molar-refractivity contribution in [1.29, 1.82) is 0 Å². The van der Waals surface area contributed by atoms with Gasteiger partial charge in [-0.3, -0.25) is 0 Å². The van der Waals surface area contributed by atoms with Crippen LogP contribution in [0, 0.1) is 0 Å². The molecule has 0 aliphatic carbocycles. The molecule has 0 radical (unpaired) electrons. The molecule has 0 aliphatic rings. The van der Waals surface area contributed by atoms with Crippen molar-refractivity contribution in [1.82, 2.24) is 0 Å². The Balaban J connectivity index is 1.49. The Morgan fingerprint density at radius 3 is 2.14 bits per heavy atom. The van der Waals surface area contributed by atoms with Gasteiger partial charge in [0.1, 0.15) is 33.6 Å². The van der Waals surface area contributed by atoms with Gasteiger partial charge in [-0.25, -0.2) is 9.59 Å². The average Bonchev–Trinajstić information content (AvgIpc) is 3.43. The predicted octanol–water partition coefficient (Wildman–Crippen LogP) is 5.73. The number of fused-ring (bicyclic) bond motifs is 4. The molecule has 176 valence electrons. The van der Waals surface area contributed by atoms with Crippen LogP contribution in [0.2, 0.25) is 0 Å². The normalized spacial score (nSPS) is 12.8. The Morgan fingerprint density at radius 2 is 1.42 bits per heavy atom. The summed E-state index contributed by atoms with van der Waals surface area (Å²) in [5.41, 5.74) is 1.95. The highest BCUT2D eigenvalue weighted by Gasteiger charge is 2.19. The van der Waals surface area contributed by atoms with Gasteiger partial charge >= 0.3 is 11.3 Å². The van der Waals surface area contributed by atoms with Crippen LogP contribution in [0.1, 0.15) is 13.8 Å². The van der Waals surface area contributed by atoms with Crippen molar-refractivity contribution < 1.29 is 17.7 Å². The predicted molar refractivity (Wildman–Crippen MR) is 140 cm³/mol. The van der Waals surface area contributed by atoms with E-state index in [0.29, 0.717) is 33.5 Å². The van der Waals surface area contributed by atoms with Crippen molar-refractivity contribution in [3.05, 3.63) is 104 Å². The summed E-state index contributed by atoms with van der Waals surface area (Å²) in [6, 6.07) is 18.3. The zero-order valence-corrected chi connectivity index (χ0v) is 19.6. The second-order valence-corrected chi connectivity index (χ2v) is 8.56. The first kappa shape index (κ1) is 21.7. The first-order valence-electron chi connectivity index (χ1n) is 11.4. The Kier molecular flexibility index (Phi) is 4.90. The quantitative estimate of drug-likeness (QED) is 0.240. The Morgan fingerprint density at radius 1 is 0.750 bits per heavy atom. The minimum atomic E-state index is -0.560. The number of furan rings is 2. The van der Waals surface area contributed by atoms with Gasteiger partial charge in [0.2, 0.25) is 0 Å². The van der Waals surface area contributed by atoms with Crippen molar-refractivity contribution in [3.8, 4) is 22.6 Å². The molecule has 0 amide bonds. The molecule has 36 heavy (non-hydrogen) atoms. The smallest absolute Gasteiger partial charge is 0.347 e. The summed E-state index contributed by atoms with van der Waals surface area (Å²) in [5.74, 6) is 0.618. The van der Waals surface area contributed by atoms with E-state index in [2.05, 4.69) is 6.58 Å². The third-order valence-corrected chi connectivity index (χ3v) is 6.25. The summed E-state index contributed by atoms with van der Waals surface area (Å²) in [6.45, 7) is 7.65. The molecule has 0 saturated heterocycles. The van der Waals surface area contributed by atoms with E-state index in [1.165, 1.54) is 0 Å². The summed E-state index contributed by atoms with van der Waals surface area (Å²) in [6.07, 6.45) is 3.81. The standard InChI is InChI=1S/C30H20O6/c1-4-7-16(2)20-12-22(29(31)33-17(20)3)25-14-27-28(34-25)15-26(35-27)23-13-21-19-9-6-5-8-18(19)10-11-24(21)36-30(23)32/h4-15H,3H2,1-2H3/b7-4-,20-16+. The third-order valence-electron chi connectivity index (χ3n) is 6.25. The minimum Gasteiger partial charge on any atom is -0.452 e. The largest absolute Gasteiger partial charge is 0.452 e. The van der Waals surface area contributed by atoms with Gasteiger partial charge in [-0.2, -0.15) is 0 Å². The van der Waals surface area contributed by atoms with Crippen LogP contribution in [0.25, 0.3) is 67.7 Å². The molecular weight excluding hydrogens is 456 g/mol. The van der Waals surface area contributed by atoms with Crippen LogP contribution in [0.4, 0.5) is 0 Å². The maximum atomic E-state index is 12.8. The van der Waals surface area contributed by atoms with Crippen molar-refractivity contribution in [2.24, 2.45) is 0 Å². The summed E-state index contributed by atoms with van der Waals surface area (Å²) in [7, 11) is 0. The molecule has 0 fully saturated rings. The van der Waals surface area contributed by atoms with Crippen molar-refractivity contribution in [2.45, 2.75) is 13.8 Å². The number of hydrogen-bond donors (Lipinski definition) is 0. The van der Waals surface area contributed by atoms with Gasteiger partial charge in [0.05, 0.1) is 0 Å². The van der Waals surface area contributed by atoms with Gasteiger partial charge in [0.15, 0.2) is 11.2 Å². The first-order valence-corrected chi connectivity index (χ1v) is 11.4. The molecule has 0 N–H and O–H groups in total. The second kappa shape index (κ2) is 8.13. The first-order chi connectivity index (χ1) is 17.4. The lowest BCUT2D eigenvalue weighted by Gasteiger charge is -2.04. The summed E-state index contributed by atoms with van der Waals surface area (Å²) in [4.78, 5) is 25.3. The van der Waals surface area contributed by atoms with Crippen LogP contribution < -0.4 is 21.9 Å². The highest BCUT2D eigenvalue weighted by atomic mass is 16.4. The Hall–Kier alpha value is -4.84. The monoisotopic (exact) mass is 476 g/mol. The van der Waals surface area contributed by atoms with E-state index in [1.54, 1.807) is 30.3 Å². The third kappa shape index (κ3) is 3.43. The van der Waals surface area contributed by atoms with E-state index in [-0.39, 0.29) is 16.5 Å². The fraction of sp³-hybridized carbons (Fsp3) is 0.0667. The molecule has 0 saturated carbocycles. The molecule has 4 heterocycles. The lowest BCUT2D eigenvalue weighted by Crippen LogP contribution is -2.30. The highest BCUT2D eigenvalue weighted by molar-refractivity contribution is 6.06. The Bertz CT molecular complexity index is 2050. The molecular formula is C30H20O6. The van der Waals surface area contributed by atoms with Gasteiger partial charge in [0, 0.05) is 22.7 Å². The maximum absolute atomic E-state index is 12.8. The second-order valence-electron chi connectivity index (χ2n) is 8.56. The van der Waals surface area contributed by atoms with Crippen molar-refractivity contribution in [2.75, 3.05) is 0 Å². The van der Waals surface area contributed by atoms with Gasteiger partial charge < -0.3 is 17.7 Å². The molecule has 2 aromatic carbocycles. The molecule has 0 unspecified atom stereocenters. The summed E-state index contributed by atoms with van der Waals surface area (Å²) >= 11 is 0. The lowest BCUT2D eigenvalue weighted by atomic mass is 10.0. The molecule has 6 aromatic rings. The number of hydrogen-bond acceptors (Lipinski definition) is 6. The van der Waals surface area contributed by atoms with E-state index in [0.717, 1.165) is 21.7 Å². The molecule has 0 atom stereocenters. The molecule has 6 heteroatoms. The summed E-state index contributed by atoms with van der Waals surface area (Å²) in [5, 5.41) is 3.52. The molecule has 6 nitrogen and oxygen atoms in total. The molecule has 4 aromatic heterocycles. The van der Waals surface area contributed by atoms with Gasteiger partial charge in [-0.15, -0.1) is 0 Å². The van der Waals surface area contributed by atoms with Crippen molar-refractivity contribution in [3.63, 3.8) is 0 Å². The SMILES string of the molecule is C=c1oc(=O)c(-c2cc3oc(-c4cc5c(ccc6ccccc65)oc4=O)cc3o2)c/c1=C(C)\C=C/C. The molecule has 0 bridgehead atoms. The van der Waals surface area contributed by atoms with Crippen LogP contribution in [-0.4, -0.2) is 0 Å². The maximum Gasteiger partial charge on any atom is 0.347 e. The van der Waals surface area contributed by atoms with Gasteiger partial charge in [0.25, 0.3) is 0 Å². The fourth-order valence-electron chi connectivity index (χ4n) is 4.50. The number of rotatable bonds is 3. The molecule has 0 spiro atoms. The average molecular weight is 476 g/mol. The number of benzene rings is 2. The van der Waals surface area contributed by atoms with E-state index in [9.17, 15) is 9.59 Å². The number of allylic oxidation sites excluding steroid dienone is 2. The fourth-order valence-corrected chi connectivity index (χ4v) is 4.50. The van der Waals surface area contributed by atoms with Crippen LogP contribution >= 0.6 is 0 Å². The Labute approximate surface area is 203 Å². The lowest BCUT2D eigenvalue weighted by molar-refractivity contribution is 0.474. The van der Waals surface area contributed by atoms with Crippen LogP contribution in [0.3, 0.4) is 0 Å². The summed E-state index contributed by atoms with van der Waals surface area (Å²) < 4.78 is 22.8. The molecule has 6 rings (SSSR count). The van der Waals surface area contributed by atoms with Crippen LogP contribution in [-0.2, 0) is 0 Å². The van der Waals surface area contributed by atoms with Crippen LogP contribution in [0.15, 0.2) is 100 Å².